The number of unbranched alkanes of at least 4 members (excludes halogenated alkanes) is 1. The van der Waals surface area contributed by atoms with E-state index in [0.29, 0.717) is 24.5 Å². The lowest BCUT2D eigenvalue weighted by molar-refractivity contribution is -0.116. The van der Waals surface area contributed by atoms with Crippen molar-refractivity contribution in [3.8, 4) is 11.4 Å². The maximum Gasteiger partial charge on any atom is 0.254 e. The quantitative estimate of drug-likeness (QED) is 0.367. The van der Waals surface area contributed by atoms with E-state index in [9.17, 15) is 9.59 Å². The van der Waals surface area contributed by atoms with E-state index < -0.39 is 0 Å². The largest absolute Gasteiger partial charge is 0.494 e. The summed E-state index contributed by atoms with van der Waals surface area (Å²) < 4.78 is 7.42. The van der Waals surface area contributed by atoms with E-state index in [2.05, 4.69) is 33.0 Å². The Kier molecular flexibility index (Phi) is 8.91. The number of amides is 2. The lowest BCUT2D eigenvalue weighted by Gasteiger charge is -2.20. The SMILES string of the molecule is CCCCOc1ccc(C(=O)N(CC)CC(=O)Nc2cc(C(C)(C)C)nn2-c2ccc(C)cc2)cc1. The van der Waals surface area contributed by atoms with Gasteiger partial charge in [-0.15, -0.1) is 0 Å². The van der Waals surface area contributed by atoms with Crippen molar-refractivity contribution in [1.82, 2.24) is 14.7 Å². The van der Waals surface area contributed by atoms with Crippen LogP contribution in [0.5, 0.6) is 5.75 Å². The Morgan fingerprint density at radius 1 is 1.03 bits per heavy atom. The lowest BCUT2D eigenvalue weighted by atomic mass is 9.92. The lowest BCUT2D eigenvalue weighted by Crippen LogP contribution is -2.38. The molecule has 0 atom stereocenters. The minimum absolute atomic E-state index is 0.0615. The van der Waals surface area contributed by atoms with Crippen molar-refractivity contribution in [1.29, 1.82) is 0 Å². The van der Waals surface area contributed by atoms with E-state index in [0.717, 1.165) is 35.5 Å². The highest BCUT2D eigenvalue weighted by molar-refractivity contribution is 5.99. The maximum atomic E-state index is 13.1. The number of nitrogens with one attached hydrogen (secondary N) is 1. The molecule has 0 saturated heterocycles. The molecule has 0 aliphatic heterocycles. The van der Waals surface area contributed by atoms with Crippen molar-refractivity contribution < 1.29 is 14.3 Å². The Balaban J connectivity index is 1.73. The van der Waals surface area contributed by atoms with Crippen LogP contribution in [0.15, 0.2) is 54.6 Å². The molecule has 7 nitrogen and oxygen atoms in total. The van der Waals surface area contributed by atoms with E-state index in [1.807, 2.05) is 44.2 Å². The Labute approximate surface area is 214 Å². The first-order valence-corrected chi connectivity index (χ1v) is 12.6. The van der Waals surface area contributed by atoms with Gasteiger partial charge in [-0.05, 0) is 56.7 Å². The van der Waals surface area contributed by atoms with E-state index in [1.54, 1.807) is 28.9 Å². The minimum atomic E-state index is -0.279. The first kappa shape index (κ1) is 27.0. The van der Waals surface area contributed by atoms with E-state index in [-0.39, 0.29) is 23.8 Å². The topological polar surface area (TPSA) is 76.5 Å². The van der Waals surface area contributed by atoms with Crippen molar-refractivity contribution in [3.05, 3.63) is 71.4 Å². The van der Waals surface area contributed by atoms with Crippen LogP contribution in [-0.2, 0) is 10.2 Å². The molecule has 192 valence electrons. The number of rotatable bonds is 10. The highest BCUT2D eigenvalue weighted by atomic mass is 16.5. The average molecular weight is 491 g/mol. The molecule has 0 radical (unpaired) electrons. The van der Waals surface area contributed by atoms with E-state index in [1.165, 1.54) is 4.90 Å². The van der Waals surface area contributed by atoms with Crippen LogP contribution in [0.4, 0.5) is 5.82 Å². The number of aryl methyl sites for hydroxylation is 1. The Hall–Kier alpha value is -3.61. The zero-order chi connectivity index (χ0) is 26.3. The van der Waals surface area contributed by atoms with Crippen LogP contribution < -0.4 is 10.1 Å². The summed E-state index contributed by atoms with van der Waals surface area (Å²) >= 11 is 0. The number of nitrogens with zero attached hydrogens (tertiary/aromatic N) is 3. The molecule has 1 N–H and O–H groups in total. The van der Waals surface area contributed by atoms with Crippen LogP contribution in [0, 0.1) is 6.92 Å². The summed E-state index contributed by atoms with van der Waals surface area (Å²) in [6.45, 7) is 13.2. The molecule has 1 aromatic heterocycles. The molecule has 0 bridgehead atoms. The molecule has 2 aromatic carbocycles. The summed E-state index contributed by atoms with van der Waals surface area (Å²) in [6.07, 6.45) is 2.05. The van der Waals surface area contributed by atoms with Gasteiger partial charge < -0.3 is 15.0 Å². The smallest absolute Gasteiger partial charge is 0.254 e. The number of hydrogen-bond donors (Lipinski definition) is 1. The summed E-state index contributed by atoms with van der Waals surface area (Å²) in [5.74, 6) is 0.833. The van der Waals surface area contributed by atoms with Crippen LogP contribution in [0.2, 0.25) is 0 Å². The van der Waals surface area contributed by atoms with Crippen LogP contribution in [-0.4, -0.2) is 46.2 Å². The van der Waals surface area contributed by atoms with Gasteiger partial charge in [0, 0.05) is 23.6 Å². The second kappa shape index (κ2) is 11.9. The van der Waals surface area contributed by atoms with Gasteiger partial charge in [0.25, 0.3) is 5.91 Å². The zero-order valence-electron chi connectivity index (χ0n) is 22.3. The van der Waals surface area contributed by atoms with Crippen molar-refractivity contribution in [3.63, 3.8) is 0 Å². The van der Waals surface area contributed by atoms with Crippen molar-refractivity contribution in [2.75, 3.05) is 25.0 Å². The van der Waals surface area contributed by atoms with Gasteiger partial charge in [0.15, 0.2) is 0 Å². The van der Waals surface area contributed by atoms with Gasteiger partial charge in [0.1, 0.15) is 18.1 Å². The first-order valence-electron chi connectivity index (χ1n) is 12.6. The molecule has 0 aliphatic carbocycles. The predicted octanol–water partition coefficient (Wildman–Crippen LogP) is 5.76. The molecule has 2 amide bonds. The summed E-state index contributed by atoms with van der Waals surface area (Å²) in [6, 6.07) is 16.9. The third-order valence-electron chi connectivity index (χ3n) is 5.90. The number of aromatic nitrogens is 2. The average Bonchev–Trinajstić information content (AvgIpc) is 3.27. The summed E-state index contributed by atoms with van der Waals surface area (Å²) in [5.41, 5.74) is 3.20. The van der Waals surface area contributed by atoms with E-state index in [4.69, 9.17) is 9.84 Å². The number of carbonyl (C=O) groups is 2. The number of benzene rings is 2. The molecule has 0 unspecified atom stereocenters. The number of anilines is 1. The Morgan fingerprint density at radius 3 is 2.28 bits per heavy atom. The van der Waals surface area contributed by atoms with Gasteiger partial charge in [0.05, 0.1) is 18.0 Å². The molecule has 1 heterocycles. The zero-order valence-corrected chi connectivity index (χ0v) is 22.3. The molecule has 7 heteroatoms. The van der Waals surface area contributed by atoms with Gasteiger partial charge in [-0.3, -0.25) is 9.59 Å². The first-order chi connectivity index (χ1) is 17.1. The normalized spacial score (nSPS) is 11.3. The molecule has 0 aliphatic rings. The highest BCUT2D eigenvalue weighted by Crippen LogP contribution is 2.26. The van der Waals surface area contributed by atoms with Crippen LogP contribution >= 0.6 is 0 Å². The molecule has 3 rings (SSSR count). The molecular weight excluding hydrogens is 452 g/mol. The molecule has 0 fully saturated rings. The monoisotopic (exact) mass is 490 g/mol. The standard InChI is InChI=1S/C29H38N4O3/c1-7-9-18-36-24-16-12-22(13-17-24)28(35)32(8-2)20-27(34)30-26-19-25(29(4,5)6)31-33(26)23-14-10-21(3)11-15-23/h10-17,19H,7-9,18,20H2,1-6H3,(H,30,34). The van der Waals surface area contributed by atoms with Crippen molar-refractivity contribution in [2.45, 2.75) is 59.8 Å². The van der Waals surface area contributed by atoms with E-state index >= 15 is 0 Å². The van der Waals surface area contributed by atoms with Gasteiger partial charge in [-0.1, -0.05) is 51.8 Å². The fraction of sp³-hybridized carbons (Fsp3) is 0.414. The van der Waals surface area contributed by atoms with Crippen LogP contribution in [0.3, 0.4) is 0 Å². The number of carbonyl (C=O) groups excluding carboxylic acids is 2. The van der Waals surface area contributed by atoms with Gasteiger partial charge >= 0.3 is 0 Å². The van der Waals surface area contributed by atoms with Crippen LogP contribution in [0.25, 0.3) is 5.69 Å². The second-order valence-electron chi connectivity index (χ2n) is 10.0. The number of ether oxygens (including phenoxy) is 1. The summed E-state index contributed by atoms with van der Waals surface area (Å²) in [4.78, 5) is 27.7. The van der Waals surface area contributed by atoms with Crippen LogP contribution in [0.1, 0.15) is 69.1 Å². The molecule has 0 spiro atoms. The fourth-order valence-corrected chi connectivity index (χ4v) is 3.61. The second-order valence-corrected chi connectivity index (χ2v) is 10.0. The molecular formula is C29H38N4O3. The van der Waals surface area contributed by atoms with Gasteiger partial charge in [-0.2, -0.15) is 5.10 Å². The predicted molar refractivity (Wildman–Crippen MR) is 144 cm³/mol. The summed E-state index contributed by atoms with van der Waals surface area (Å²) in [5, 5.41) is 7.73. The molecule has 3 aromatic rings. The van der Waals surface area contributed by atoms with Crippen molar-refractivity contribution >= 4 is 17.6 Å². The van der Waals surface area contributed by atoms with Gasteiger partial charge in [0.2, 0.25) is 5.91 Å². The third-order valence-corrected chi connectivity index (χ3v) is 5.90. The summed E-state index contributed by atoms with van der Waals surface area (Å²) in [7, 11) is 0. The fourth-order valence-electron chi connectivity index (χ4n) is 3.61. The highest BCUT2D eigenvalue weighted by Gasteiger charge is 2.23. The minimum Gasteiger partial charge on any atom is -0.494 e. The molecule has 36 heavy (non-hydrogen) atoms. The molecule has 0 saturated carbocycles. The van der Waals surface area contributed by atoms with Gasteiger partial charge in [-0.25, -0.2) is 4.68 Å². The third kappa shape index (κ3) is 6.97. The number of likely N-dealkylation sites (N-methyl/N-ethyl adjacent to an activating group) is 1. The maximum absolute atomic E-state index is 13.1. The Bertz CT molecular complexity index is 1160. The van der Waals surface area contributed by atoms with Crippen molar-refractivity contribution in [2.24, 2.45) is 0 Å². The number of hydrogen-bond acceptors (Lipinski definition) is 4. The Morgan fingerprint density at radius 2 is 1.69 bits per heavy atom.